The maximum absolute atomic E-state index is 12.4. The number of aliphatic hydroxyl groups excluding tert-OH is 1. The normalized spacial score (nSPS) is 23.5. The van der Waals surface area contributed by atoms with E-state index >= 15 is 0 Å². The van der Waals surface area contributed by atoms with Gasteiger partial charge in [-0.05, 0) is 30.9 Å². The third-order valence-electron chi connectivity index (χ3n) is 3.66. The molecule has 0 aromatic carbocycles. The number of aryl methyl sites for hydroxylation is 1. The summed E-state index contributed by atoms with van der Waals surface area (Å²) in [7, 11) is 0. The highest BCUT2D eigenvalue weighted by Crippen LogP contribution is 2.20. The van der Waals surface area contributed by atoms with E-state index in [1.165, 1.54) is 0 Å². The van der Waals surface area contributed by atoms with Crippen LogP contribution in [0.1, 0.15) is 36.3 Å². The van der Waals surface area contributed by atoms with Gasteiger partial charge in [0.15, 0.2) is 0 Å². The molecule has 1 aromatic heterocycles. The monoisotopic (exact) mass is 282 g/mol. The Labute approximate surface area is 118 Å². The molecule has 0 bridgehead atoms. The van der Waals surface area contributed by atoms with Crippen LogP contribution in [-0.2, 0) is 6.42 Å². The van der Waals surface area contributed by atoms with Gasteiger partial charge in [-0.25, -0.2) is 4.98 Å². The van der Waals surface area contributed by atoms with Crippen LogP contribution < -0.4 is 0 Å². The second kappa shape index (κ2) is 5.88. The fourth-order valence-electron chi connectivity index (χ4n) is 2.27. The number of rotatable bonds is 2. The summed E-state index contributed by atoms with van der Waals surface area (Å²) in [4.78, 5) is 18.2. The lowest BCUT2D eigenvalue weighted by atomic mass is 9.95. The molecule has 19 heavy (non-hydrogen) atoms. The molecular weight excluding hydrogens is 264 g/mol. The molecule has 0 aliphatic carbocycles. The minimum atomic E-state index is -0.444. The minimum absolute atomic E-state index is 0.0787. The van der Waals surface area contributed by atoms with Crippen LogP contribution in [0.15, 0.2) is 12.1 Å². The summed E-state index contributed by atoms with van der Waals surface area (Å²) in [6.07, 6.45) is 1.12. The molecule has 1 aliphatic heterocycles. The zero-order valence-corrected chi connectivity index (χ0v) is 12.0. The number of carbonyl (C=O) groups excluding carboxylic acids is 1. The maximum Gasteiger partial charge on any atom is 0.254 e. The van der Waals surface area contributed by atoms with Crippen molar-refractivity contribution in [2.75, 3.05) is 13.1 Å². The van der Waals surface area contributed by atoms with Crippen LogP contribution in [0.5, 0.6) is 0 Å². The van der Waals surface area contributed by atoms with Gasteiger partial charge in [-0.15, -0.1) is 0 Å². The van der Waals surface area contributed by atoms with Gasteiger partial charge in [-0.1, -0.05) is 25.4 Å². The molecule has 2 rings (SSSR count). The predicted molar refractivity (Wildman–Crippen MR) is 74.3 cm³/mol. The summed E-state index contributed by atoms with van der Waals surface area (Å²) in [6, 6.07) is 3.37. The van der Waals surface area contributed by atoms with Gasteiger partial charge in [0.1, 0.15) is 5.15 Å². The Balaban J connectivity index is 2.17. The minimum Gasteiger partial charge on any atom is -0.391 e. The van der Waals surface area contributed by atoms with E-state index in [0.29, 0.717) is 23.8 Å². The first-order valence-corrected chi connectivity index (χ1v) is 7.03. The summed E-state index contributed by atoms with van der Waals surface area (Å²) in [5.41, 5.74) is 1.36. The number of carbonyl (C=O) groups is 1. The molecule has 0 spiro atoms. The maximum atomic E-state index is 12.4. The van der Waals surface area contributed by atoms with E-state index in [4.69, 9.17) is 11.6 Å². The van der Waals surface area contributed by atoms with Crippen molar-refractivity contribution in [1.29, 1.82) is 0 Å². The van der Waals surface area contributed by atoms with Crippen LogP contribution in [0.25, 0.3) is 0 Å². The highest BCUT2D eigenvalue weighted by molar-refractivity contribution is 6.29. The zero-order chi connectivity index (χ0) is 14.0. The molecule has 2 unspecified atom stereocenters. The van der Waals surface area contributed by atoms with Crippen molar-refractivity contribution in [1.82, 2.24) is 9.88 Å². The third-order valence-corrected chi connectivity index (χ3v) is 3.86. The Morgan fingerprint density at radius 2 is 2.32 bits per heavy atom. The van der Waals surface area contributed by atoms with Gasteiger partial charge in [0.2, 0.25) is 0 Å². The summed E-state index contributed by atoms with van der Waals surface area (Å²) in [5.74, 6) is 0.168. The van der Waals surface area contributed by atoms with Crippen molar-refractivity contribution in [3.05, 3.63) is 28.5 Å². The van der Waals surface area contributed by atoms with Crippen molar-refractivity contribution >= 4 is 17.5 Å². The Morgan fingerprint density at radius 3 is 2.95 bits per heavy atom. The average Bonchev–Trinajstić information content (AvgIpc) is 2.40. The molecule has 1 saturated heterocycles. The molecule has 104 valence electrons. The molecule has 1 N–H and O–H groups in total. The van der Waals surface area contributed by atoms with Crippen molar-refractivity contribution in [3.63, 3.8) is 0 Å². The Bertz CT molecular complexity index is 479. The van der Waals surface area contributed by atoms with Crippen molar-refractivity contribution in [2.45, 2.75) is 32.8 Å². The molecule has 5 heteroatoms. The lowest BCUT2D eigenvalue weighted by Gasteiger charge is -2.34. The van der Waals surface area contributed by atoms with Crippen molar-refractivity contribution < 1.29 is 9.90 Å². The van der Waals surface area contributed by atoms with Gasteiger partial charge in [0.25, 0.3) is 5.91 Å². The SMILES string of the molecule is CCc1cc(C(=O)N2CCC(C)C(O)C2)cc(Cl)n1. The largest absolute Gasteiger partial charge is 0.391 e. The molecule has 1 fully saturated rings. The highest BCUT2D eigenvalue weighted by Gasteiger charge is 2.28. The number of hydrogen-bond acceptors (Lipinski definition) is 3. The zero-order valence-electron chi connectivity index (χ0n) is 11.3. The molecule has 0 saturated carbocycles. The van der Waals surface area contributed by atoms with Crippen LogP contribution in [0, 0.1) is 5.92 Å². The Kier molecular flexibility index (Phi) is 4.42. The summed E-state index contributed by atoms with van der Waals surface area (Å²) >= 11 is 5.93. The van der Waals surface area contributed by atoms with Gasteiger partial charge in [-0.2, -0.15) is 0 Å². The molecule has 1 aliphatic rings. The first kappa shape index (κ1) is 14.3. The van der Waals surface area contributed by atoms with Gasteiger partial charge in [-0.3, -0.25) is 4.79 Å². The van der Waals surface area contributed by atoms with Gasteiger partial charge >= 0.3 is 0 Å². The number of aromatic nitrogens is 1. The van der Waals surface area contributed by atoms with Gasteiger partial charge < -0.3 is 10.0 Å². The van der Waals surface area contributed by atoms with Gasteiger partial charge in [0.05, 0.1) is 6.10 Å². The van der Waals surface area contributed by atoms with Crippen LogP contribution >= 0.6 is 11.6 Å². The van der Waals surface area contributed by atoms with E-state index in [2.05, 4.69) is 4.98 Å². The smallest absolute Gasteiger partial charge is 0.254 e. The van der Waals surface area contributed by atoms with Crippen LogP contribution in [-0.4, -0.2) is 40.1 Å². The lowest BCUT2D eigenvalue weighted by Crippen LogP contribution is -2.45. The second-order valence-corrected chi connectivity index (χ2v) is 5.50. The van der Waals surface area contributed by atoms with Gasteiger partial charge in [0, 0.05) is 24.3 Å². The molecule has 1 aromatic rings. The van der Waals surface area contributed by atoms with Crippen molar-refractivity contribution in [2.24, 2.45) is 5.92 Å². The summed E-state index contributed by atoms with van der Waals surface area (Å²) in [6.45, 7) is 5.05. The molecule has 2 heterocycles. The first-order chi connectivity index (χ1) is 9.01. The Hall–Kier alpha value is -1.13. The first-order valence-electron chi connectivity index (χ1n) is 6.65. The van der Waals surface area contributed by atoms with E-state index in [0.717, 1.165) is 18.5 Å². The number of likely N-dealkylation sites (tertiary alicyclic amines) is 1. The predicted octanol–water partition coefficient (Wildman–Crippen LogP) is 2.14. The van der Waals surface area contributed by atoms with E-state index in [1.54, 1.807) is 17.0 Å². The van der Waals surface area contributed by atoms with E-state index in [-0.39, 0.29) is 11.8 Å². The number of pyridine rings is 1. The number of amides is 1. The average molecular weight is 283 g/mol. The summed E-state index contributed by atoms with van der Waals surface area (Å²) in [5, 5.41) is 10.2. The topological polar surface area (TPSA) is 53.4 Å². The van der Waals surface area contributed by atoms with Crippen LogP contribution in [0.2, 0.25) is 5.15 Å². The molecule has 2 atom stereocenters. The van der Waals surface area contributed by atoms with E-state index < -0.39 is 6.10 Å². The Morgan fingerprint density at radius 1 is 1.58 bits per heavy atom. The molecular formula is C14H19ClN2O2. The van der Waals surface area contributed by atoms with E-state index in [9.17, 15) is 9.90 Å². The number of β-amino-alcohol motifs (C(OH)–C–C–N with tert-alkyl or cyclic N) is 1. The third kappa shape index (κ3) is 3.25. The summed E-state index contributed by atoms with van der Waals surface area (Å²) < 4.78 is 0. The highest BCUT2D eigenvalue weighted by atomic mass is 35.5. The fraction of sp³-hybridized carbons (Fsp3) is 0.571. The molecule has 4 nitrogen and oxygen atoms in total. The van der Waals surface area contributed by atoms with Crippen LogP contribution in [0.4, 0.5) is 0 Å². The molecule has 1 amide bonds. The van der Waals surface area contributed by atoms with Crippen LogP contribution in [0.3, 0.4) is 0 Å². The number of piperidine rings is 1. The molecule has 0 radical (unpaired) electrons. The second-order valence-electron chi connectivity index (χ2n) is 5.11. The fourth-order valence-corrected chi connectivity index (χ4v) is 2.50. The standard InChI is InChI=1S/C14H19ClN2O2/c1-3-11-6-10(7-13(15)16-11)14(19)17-5-4-9(2)12(18)8-17/h6-7,9,12,18H,3-5,8H2,1-2H3. The van der Waals surface area contributed by atoms with E-state index in [1.807, 2.05) is 13.8 Å². The lowest BCUT2D eigenvalue weighted by molar-refractivity contribution is 0.0248. The van der Waals surface area contributed by atoms with Crippen molar-refractivity contribution in [3.8, 4) is 0 Å². The number of hydrogen-bond donors (Lipinski definition) is 1. The quantitative estimate of drug-likeness (QED) is 0.846. The number of aliphatic hydroxyl groups is 1. The number of nitrogens with zero attached hydrogens (tertiary/aromatic N) is 2. The number of halogens is 1.